The highest BCUT2D eigenvalue weighted by molar-refractivity contribution is 4.85. The lowest BCUT2D eigenvalue weighted by atomic mass is 9.99. The van der Waals surface area contributed by atoms with Crippen LogP contribution in [0.2, 0.25) is 0 Å². The Morgan fingerprint density at radius 3 is 3.20 bits per heavy atom. The maximum absolute atomic E-state index is 4.10. The average Bonchev–Trinajstić information content (AvgIpc) is 2.73. The van der Waals surface area contributed by atoms with E-state index in [1.165, 1.54) is 19.4 Å². The molecule has 0 aliphatic carbocycles. The van der Waals surface area contributed by atoms with Gasteiger partial charge in [0.15, 0.2) is 0 Å². The first-order chi connectivity index (χ1) is 7.25. The minimum Gasteiger partial charge on any atom is -0.307 e. The molecule has 2 unspecified atom stereocenters. The number of H-pyrrole nitrogens is 1. The van der Waals surface area contributed by atoms with E-state index in [-0.39, 0.29) is 0 Å². The van der Waals surface area contributed by atoms with Crippen LogP contribution in [0.25, 0.3) is 0 Å². The van der Waals surface area contributed by atoms with Gasteiger partial charge in [-0.05, 0) is 33.4 Å². The molecule has 1 saturated heterocycles. The monoisotopic (exact) mass is 209 g/mol. The largest absolute Gasteiger partial charge is 0.307 e. The first-order valence-electron chi connectivity index (χ1n) is 5.53. The summed E-state index contributed by atoms with van der Waals surface area (Å²) in [6, 6.07) is 1.28. The summed E-state index contributed by atoms with van der Waals surface area (Å²) >= 11 is 0. The molecule has 0 radical (unpaired) electrons. The van der Waals surface area contributed by atoms with E-state index in [4.69, 9.17) is 0 Å². The van der Waals surface area contributed by atoms with Crippen molar-refractivity contribution in [2.45, 2.75) is 38.4 Å². The van der Waals surface area contributed by atoms with Crippen molar-refractivity contribution in [3.63, 3.8) is 0 Å². The van der Waals surface area contributed by atoms with E-state index in [0.29, 0.717) is 12.1 Å². The average molecular weight is 209 g/mol. The van der Waals surface area contributed by atoms with E-state index in [0.717, 1.165) is 12.4 Å². The Morgan fingerprint density at radius 1 is 1.67 bits per heavy atom. The van der Waals surface area contributed by atoms with Crippen molar-refractivity contribution >= 4 is 0 Å². The van der Waals surface area contributed by atoms with Gasteiger partial charge in [0.2, 0.25) is 0 Å². The predicted molar refractivity (Wildman–Crippen MR) is 58.3 cm³/mol. The molecule has 0 aromatic carbocycles. The molecule has 0 amide bonds. The van der Waals surface area contributed by atoms with Crippen molar-refractivity contribution in [1.29, 1.82) is 0 Å². The predicted octanol–water partition coefficient (Wildman–Crippen LogP) is 0.377. The molecule has 0 bridgehead atoms. The summed E-state index contributed by atoms with van der Waals surface area (Å²) < 4.78 is 0. The van der Waals surface area contributed by atoms with Crippen LogP contribution >= 0.6 is 0 Å². The fourth-order valence-corrected chi connectivity index (χ4v) is 2.03. The molecule has 2 atom stereocenters. The number of aromatic amines is 1. The van der Waals surface area contributed by atoms with Crippen LogP contribution < -0.4 is 5.32 Å². The van der Waals surface area contributed by atoms with Gasteiger partial charge in [0.25, 0.3) is 0 Å². The quantitative estimate of drug-likeness (QED) is 0.755. The van der Waals surface area contributed by atoms with Crippen LogP contribution in [-0.4, -0.2) is 45.8 Å². The molecule has 2 heterocycles. The zero-order valence-electron chi connectivity index (χ0n) is 9.40. The Balaban J connectivity index is 1.76. The highest BCUT2D eigenvalue weighted by Gasteiger charge is 2.22. The molecule has 2 N–H and O–H groups in total. The van der Waals surface area contributed by atoms with Gasteiger partial charge in [-0.15, -0.1) is 0 Å². The van der Waals surface area contributed by atoms with E-state index in [1.54, 1.807) is 6.33 Å². The van der Waals surface area contributed by atoms with Gasteiger partial charge in [0.1, 0.15) is 12.2 Å². The number of hydrogen-bond donors (Lipinski definition) is 2. The Hall–Kier alpha value is -0.940. The van der Waals surface area contributed by atoms with Crippen molar-refractivity contribution in [1.82, 2.24) is 25.4 Å². The van der Waals surface area contributed by atoms with Crippen molar-refractivity contribution in [2.24, 2.45) is 0 Å². The first-order valence-corrected chi connectivity index (χ1v) is 5.53. The molecule has 84 valence electrons. The molecule has 0 spiro atoms. The summed E-state index contributed by atoms with van der Waals surface area (Å²) in [6.07, 6.45) is 3.98. The zero-order valence-corrected chi connectivity index (χ0v) is 9.40. The third-order valence-electron chi connectivity index (χ3n) is 3.23. The summed E-state index contributed by atoms with van der Waals surface area (Å²) in [5, 5.41) is 10.2. The zero-order chi connectivity index (χ0) is 10.7. The van der Waals surface area contributed by atoms with Crippen molar-refractivity contribution < 1.29 is 0 Å². The molecular weight excluding hydrogens is 190 g/mol. The van der Waals surface area contributed by atoms with E-state index >= 15 is 0 Å². The van der Waals surface area contributed by atoms with Gasteiger partial charge in [-0.1, -0.05) is 0 Å². The van der Waals surface area contributed by atoms with Gasteiger partial charge in [-0.25, -0.2) is 4.98 Å². The molecule has 5 heteroatoms. The highest BCUT2D eigenvalue weighted by Crippen LogP contribution is 2.15. The molecule has 1 aliphatic heterocycles. The molecule has 1 aliphatic rings. The van der Waals surface area contributed by atoms with E-state index in [1.807, 2.05) is 0 Å². The summed E-state index contributed by atoms with van der Waals surface area (Å²) in [6.45, 7) is 4.25. The normalized spacial score (nSPS) is 28.1. The van der Waals surface area contributed by atoms with Gasteiger partial charge in [0, 0.05) is 12.1 Å². The Labute approximate surface area is 90.3 Å². The lowest BCUT2D eigenvalue weighted by molar-refractivity contribution is 0.167. The molecule has 2 rings (SSSR count). The van der Waals surface area contributed by atoms with Gasteiger partial charge < -0.3 is 10.2 Å². The van der Waals surface area contributed by atoms with E-state index in [9.17, 15) is 0 Å². The minimum absolute atomic E-state index is 0.612. The van der Waals surface area contributed by atoms with Crippen LogP contribution in [0.1, 0.15) is 25.6 Å². The molecule has 5 nitrogen and oxygen atoms in total. The number of hydrogen-bond acceptors (Lipinski definition) is 4. The number of aromatic nitrogens is 3. The molecular formula is C10H19N5. The maximum atomic E-state index is 4.10. The molecule has 1 aromatic heterocycles. The second kappa shape index (κ2) is 4.72. The van der Waals surface area contributed by atoms with Crippen LogP contribution in [0.5, 0.6) is 0 Å². The Bertz CT molecular complexity index is 284. The summed E-state index contributed by atoms with van der Waals surface area (Å²) in [4.78, 5) is 6.50. The number of likely N-dealkylation sites (tertiary alicyclic amines) is 1. The summed E-state index contributed by atoms with van der Waals surface area (Å²) in [5.41, 5.74) is 0. The lowest BCUT2D eigenvalue weighted by Gasteiger charge is -2.35. The molecule has 1 aromatic rings. The van der Waals surface area contributed by atoms with Gasteiger partial charge >= 0.3 is 0 Å². The topological polar surface area (TPSA) is 56.8 Å². The number of nitrogens with one attached hydrogen (secondary N) is 2. The number of nitrogens with zero attached hydrogens (tertiary/aromatic N) is 3. The van der Waals surface area contributed by atoms with Crippen LogP contribution in [0.3, 0.4) is 0 Å². The minimum atomic E-state index is 0.612. The SMILES string of the molecule is CC1CC(NCc2ncn[nH]2)CCN1C. The van der Waals surface area contributed by atoms with Crippen molar-refractivity contribution in [2.75, 3.05) is 13.6 Å². The lowest BCUT2D eigenvalue weighted by Crippen LogP contribution is -2.45. The Morgan fingerprint density at radius 2 is 2.53 bits per heavy atom. The Kier molecular flexibility index (Phi) is 3.33. The van der Waals surface area contributed by atoms with Crippen LogP contribution in [0.4, 0.5) is 0 Å². The summed E-state index contributed by atoms with van der Waals surface area (Å²) in [7, 11) is 2.19. The standard InChI is InChI=1S/C10H19N5/c1-8-5-9(3-4-15(8)2)11-6-10-12-7-13-14-10/h7-9,11H,3-6H2,1-2H3,(H,12,13,14). The fourth-order valence-electron chi connectivity index (χ4n) is 2.03. The molecule has 1 fully saturated rings. The first kappa shape index (κ1) is 10.6. The second-order valence-electron chi connectivity index (χ2n) is 4.36. The van der Waals surface area contributed by atoms with Crippen LogP contribution in [-0.2, 0) is 6.54 Å². The third kappa shape index (κ3) is 2.76. The molecule has 15 heavy (non-hydrogen) atoms. The summed E-state index contributed by atoms with van der Waals surface area (Å²) in [5.74, 6) is 0.918. The smallest absolute Gasteiger partial charge is 0.138 e. The maximum Gasteiger partial charge on any atom is 0.138 e. The van der Waals surface area contributed by atoms with Crippen LogP contribution in [0.15, 0.2) is 6.33 Å². The number of piperidine rings is 1. The van der Waals surface area contributed by atoms with Crippen molar-refractivity contribution in [3.8, 4) is 0 Å². The fraction of sp³-hybridized carbons (Fsp3) is 0.800. The molecule has 0 saturated carbocycles. The van der Waals surface area contributed by atoms with E-state index in [2.05, 4.69) is 39.4 Å². The number of rotatable bonds is 3. The highest BCUT2D eigenvalue weighted by atomic mass is 15.2. The van der Waals surface area contributed by atoms with Gasteiger partial charge in [0.05, 0.1) is 6.54 Å². The van der Waals surface area contributed by atoms with Gasteiger partial charge in [-0.2, -0.15) is 5.10 Å². The van der Waals surface area contributed by atoms with Gasteiger partial charge in [-0.3, -0.25) is 5.10 Å². The third-order valence-corrected chi connectivity index (χ3v) is 3.23. The van der Waals surface area contributed by atoms with Crippen molar-refractivity contribution in [3.05, 3.63) is 12.2 Å². The second-order valence-corrected chi connectivity index (χ2v) is 4.36. The van der Waals surface area contributed by atoms with Crippen LogP contribution in [0, 0.1) is 0 Å². The van der Waals surface area contributed by atoms with E-state index < -0.39 is 0 Å².